The Morgan fingerprint density at radius 3 is 2.43 bits per heavy atom. The summed E-state index contributed by atoms with van der Waals surface area (Å²) in [5.74, 6) is -0.0865. The molecule has 0 saturated carbocycles. The molecular formula is C13H17I3N2O3. The van der Waals surface area contributed by atoms with Crippen LogP contribution in [0.15, 0.2) is 12.1 Å². The molecule has 0 heterocycles. The fourth-order valence-corrected chi connectivity index (χ4v) is 5.53. The molecule has 1 rings (SSSR count). The predicted octanol–water partition coefficient (Wildman–Crippen LogP) is 2.38. The first kappa shape index (κ1) is 19.8. The van der Waals surface area contributed by atoms with Gasteiger partial charge in [0.2, 0.25) is 5.91 Å². The zero-order chi connectivity index (χ0) is 15.8. The van der Waals surface area contributed by atoms with Crippen LogP contribution >= 0.6 is 67.8 Å². The van der Waals surface area contributed by atoms with Gasteiger partial charge in [0.25, 0.3) is 0 Å². The van der Waals surface area contributed by atoms with Crippen molar-refractivity contribution >= 4 is 79.4 Å². The number of halogens is 3. The van der Waals surface area contributed by atoms with E-state index in [2.05, 4.69) is 73.1 Å². The lowest BCUT2D eigenvalue weighted by Crippen LogP contribution is -2.37. The van der Waals surface area contributed by atoms with Gasteiger partial charge < -0.3 is 15.2 Å². The summed E-state index contributed by atoms with van der Waals surface area (Å²) in [6.07, 6.45) is 0. The molecule has 0 spiro atoms. The number of aliphatic hydroxyl groups excluding tert-OH is 1. The largest absolute Gasteiger partial charge is 0.395 e. The van der Waals surface area contributed by atoms with Crippen LogP contribution in [-0.2, 0) is 9.53 Å². The Morgan fingerprint density at radius 1 is 1.29 bits per heavy atom. The van der Waals surface area contributed by atoms with Crippen LogP contribution in [0.4, 0.5) is 5.69 Å². The topological polar surface area (TPSA) is 61.8 Å². The Kier molecular flexibility index (Phi) is 9.92. The van der Waals surface area contributed by atoms with Crippen molar-refractivity contribution in [3.63, 3.8) is 0 Å². The third-order valence-corrected chi connectivity index (χ3v) is 4.99. The van der Waals surface area contributed by atoms with E-state index in [4.69, 9.17) is 9.84 Å². The average molecular weight is 630 g/mol. The summed E-state index contributed by atoms with van der Waals surface area (Å²) in [6, 6.07) is 4.05. The van der Waals surface area contributed by atoms with Crippen LogP contribution in [0.3, 0.4) is 0 Å². The number of carbonyl (C=O) groups excluding carboxylic acids is 1. The molecule has 5 nitrogen and oxygen atoms in total. The maximum atomic E-state index is 12.2. The molecule has 0 bridgehead atoms. The maximum absolute atomic E-state index is 12.2. The van der Waals surface area contributed by atoms with E-state index in [9.17, 15) is 4.79 Å². The van der Waals surface area contributed by atoms with Crippen LogP contribution in [0.2, 0.25) is 0 Å². The van der Waals surface area contributed by atoms with Gasteiger partial charge in [-0.05, 0) is 79.9 Å². The Bertz CT molecular complexity index is 463. The van der Waals surface area contributed by atoms with Gasteiger partial charge in [0, 0.05) is 30.9 Å². The number of hydrogen-bond acceptors (Lipinski definition) is 4. The maximum Gasteiger partial charge on any atom is 0.238 e. The number of amides is 1. The molecule has 1 aromatic rings. The van der Waals surface area contributed by atoms with Gasteiger partial charge in [-0.1, -0.05) is 0 Å². The first-order valence-electron chi connectivity index (χ1n) is 6.24. The highest BCUT2D eigenvalue weighted by atomic mass is 127. The van der Waals surface area contributed by atoms with E-state index in [-0.39, 0.29) is 19.1 Å². The number of hydrogen-bond donors (Lipinski definition) is 2. The number of rotatable bonds is 8. The third-order valence-electron chi connectivity index (χ3n) is 2.67. The van der Waals surface area contributed by atoms with E-state index < -0.39 is 0 Å². The van der Waals surface area contributed by atoms with Crippen molar-refractivity contribution in [1.29, 1.82) is 0 Å². The third kappa shape index (κ3) is 7.24. The number of nitrogens with zero attached hydrogens (tertiary/aromatic N) is 1. The summed E-state index contributed by atoms with van der Waals surface area (Å²) in [5, 5.41) is 12.0. The van der Waals surface area contributed by atoms with Gasteiger partial charge in [0.1, 0.15) is 0 Å². The molecule has 0 unspecified atom stereocenters. The summed E-state index contributed by atoms with van der Waals surface area (Å²) in [7, 11) is 1.62. The molecule has 21 heavy (non-hydrogen) atoms. The lowest BCUT2D eigenvalue weighted by molar-refractivity contribution is -0.117. The lowest BCUT2D eigenvalue weighted by Gasteiger charge is -2.20. The van der Waals surface area contributed by atoms with Gasteiger partial charge in [0.15, 0.2) is 0 Å². The van der Waals surface area contributed by atoms with Crippen molar-refractivity contribution in [3.05, 3.63) is 22.8 Å². The fourth-order valence-electron chi connectivity index (χ4n) is 1.68. The number of methoxy groups -OCH3 is 1. The van der Waals surface area contributed by atoms with Crippen LogP contribution in [0, 0.1) is 10.7 Å². The Labute approximate surface area is 165 Å². The highest BCUT2D eigenvalue weighted by molar-refractivity contribution is 14.1. The molecule has 0 aromatic heterocycles. The van der Waals surface area contributed by atoms with E-state index >= 15 is 0 Å². The lowest BCUT2D eigenvalue weighted by atomic mass is 10.3. The summed E-state index contributed by atoms with van der Waals surface area (Å²) in [6.45, 7) is 1.87. The molecule has 0 radical (unpaired) electrons. The summed E-state index contributed by atoms with van der Waals surface area (Å²) >= 11 is 6.70. The van der Waals surface area contributed by atoms with Crippen LogP contribution < -0.4 is 5.32 Å². The zero-order valence-electron chi connectivity index (χ0n) is 11.5. The van der Waals surface area contributed by atoms with Crippen LogP contribution in [0.5, 0.6) is 0 Å². The minimum atomic E-state index is -0.0865. The normalized spacial score (nSPS) is 11.0. The number of aliphatic hydroxyl groups is 1. The monoisotopic (exact) mass is 630 g/mol. The van der Waals surface area contributed by atoms with E-state index in [0.29, 0.717) is 19.7 Å². The molecule has 8 heteroatoms. The summed E-state index contributed by atoms with van der Waals surface area (Å²) in [5.41, 5.74) is 0.845. The SMILES string of the molecule is COCCN(CCO)CC(=O)Nc1c(I)cc(I)cc1I. The van der Waals surface area contributed by atoms with E-state index in [1.807, 2.05) is 17.0 Å². The Morgan fingerprint density at radius 2 is 1.90 bits per heavy atom. The minimum Gasteiger partial charge on any atom is -0.395 e. The van der Waals surface area contributed by atoms with E-state index in [1.54, 1.807) is 7.11 Å². The fraction of sp³-hybridized carbons (Fsp3) is 0.462. The van der Waals surface area contributed by atoms with Gasteiger partial charge in [-0.2, -0.15) is 0 Å². The van der Waals surface area contributed by atoms with Gasteiger partial charge >= 0.3 is 0 Å². The summed E-state index contributed by atoms with van der Waals surface area (Å²) < 4.78 is 8.18. The quantitative estimate of drug-likeness (QED) is 0.434. The smallest absolute Gasteiger partial charge is 0.238 e. The van der Waals surface area contributed by atoms with Crippen LogP contribution in [0.25, 0.3) is 0 Å². The molecule has 0 saturated heterocycles. The Balaban J connectivity index is 2.67. The number of anilines is 1. The van der Waals surface area contributed by atoms with Crippen LogP contribution in [-0.4, -0.2) is 55.9 Å². The van der Waals surface area contributed by atoms with E-state index in [1.165, 1.54) is 0 Å². The molecule has 1 aromatic carbocycles. The van der Waals surface area contributed by atoms with Crippen molar-refractivity contribution in [2.45, 2.75) is 0 Å². The highest BCUT2D eigenvalue weighted by Crippen LogP contribution is 2.27. The first-order valence-corrected chi connectivity index (χ1v) is 9.48. The summed E-state index contributed by atoms with van der Waals surface area (Å²) in [4.78, 5) is 14.0. The molecule has 0 aliphatic rings. The van der Waals surface area contributed by atoms with Crippen LogP contribution in [0.1, 0.15) is 0 Å². The Hall–Kier alpha value is 0.760. The number of nitrogens with one attached hydrogen (secondary N) is 1. The number of benzene rings is 1. The molecule has 2 N–H and O–H groups in total. The van der Waals surface area contributed by atoms with Gasteiger partial charge in [-0.15, -0.1) is 0 Å². The second kappa shape index (κ2) is 10.5. The molecule has 118 valence electrons. The predicted molar refractivity (Wildman–Crippen MR) is 109 cm³/mol. The van der Waals surface area contributed by atoms with Crippen molar-refractivity contribution in [2.75, 3.05) is 45.3 Å². The second-order valence-electron chi connectivity index (χ2n) is 4.29. The molecule has 0 aliphatic carbocycles. The highest BCUT2D eigenvalue weighted by Gasteiger charge is 2.14. The minimum absolute atomic E-state index is 0.0234. The van der Waals surface area contributed by atoms with Crippen molar-refractivity contribution in [3.8, 4) is 0 Å². The molecule has 1 amide bonds. The second-order valence-corrected chi connectivity index (χ2v) is 7.86. The number of carbonyl (C=O) groups is 1. The van der Waals surface area contributed by atoms with Gasteiger partial charge in [-0.3, -0.25) is 9.69 Å². The van der Waals surface area contributed by atoms with Crippen molar-refractivity contribution in [1.82, 2.24) is 4.90 Å². The van der Waals surface area contributed by atoms with Crippen molar-refractivity contribution in [2.24, 2.45) is 0 Å². The standard InChI is InChI=1S/C13H17I3N2O3/c1-21-5-3-18(2-4-19)8-12(20)17-13-10(15)6-9(14)7-11(13)16/h6-7,19H,2-5,8H2,1H3,(H,17,20). The molecule has 0 aliphatic heterocycles. The molecular weight excluding hydrogens is 613 g/mol. The molecule has 0 atom stereocenters. The zero-order valence-corrected chi connectivity index (χ0v) is 18.0. The molecule has 0 fully saturated rings. The van der Waals surface area contributed by atoms with Gasteiger partial charge in [0.05, 0.1) is 25.4 Å². The average Bonchev–Trinajstić information content (AvgIpc) is 2.40. The first-order chi connectivity index (χ1) is 9.97. The van der Waals surface area contributed by atoms with Crippen molar-refractivity contribution < 1.29 is 14.6 Å². The number of ether oxygens (including phenoxy) is 1. The van der Waals surface area contributed by atoms with Gasteiger partial charge in [-0.25, -0.2) is 0 Å². The van der Waals surface area contributed by atoms with E-state index in [0.717, 1.165) is 16.4 Å².